The SMILES string of the molecule is Cc1ccc(CN2C(=O)C[C@H](Nc3ccc(N4CCOCC4)cc3)C2=O)cc1. The molecule has 2 fully saturated rings. The molecule has 2 heterocycles. The Morgan fingerprint density at radius 1 is 1.00 bits per heavy atom. The first-order valence-corrected chi connectivity index (χ1v) is 9.69. The van der Waals surface area contributed by atoms with E-state index < -0.39 is 6.04 Å². The molecule has 6 heteroatoms. The molecule has 2 aromatic carbocycles. The Morgan fingerprint density at radius 2 is 1.68 bits per heavy atom. The lowest BCUT2D eigenvalue weighted by Crippen LogP contribution is -2.36. The number of carbonyl (C=O) groups is 2. The molecular formula is C22H25N3O3. The molecule has 6 nitrogen and oxygen atoms in total. The maximum Gasteiger partial charge on any atom is 0.252 e. The van der Waals surface area contributed by atoms with Crippen molar-refractivity contribution < 1.29 is 14.3 Å². The van der Waals surface area contributed by atoms with Gasteiger partial charge in [-0.1, -0.05) is 29.8 Å². The summed E-state index contributed by atoms with van der Waals surface area (Å²) in [6, 6.07) is 15.4. The quantitative estimate of drug-likeness (QED) is 0.809. The fourth-order valence-electron chi connectivity index (χ4n) is 3.63. The standard InChI is InChI=1S/C22H25N3O3/c1-16-2-4-17(5-3-16)15-25-21(26)14-20(22(25)27)23-18-6-8-19(9-7-18)24-10-12-28-13-11-24/h2-9,20,23H,10-15H2,1H3/t20-/m0/s1. The van der Waals surface area contributed by atoms with Crippen LogP contribution in [-0.2, 0) is 20.9 Å². The molecule has 4 rings (SSSR count). The maximum atomic E-state index is 12.7. The molecule has 0 spiro atoms. The van der Waals surface area contributed by atoms with Crippen molar-refractivity contribution in [2.24, 2.45) is 0 Å². The van der Waals surface area contributed by atoms with Gasteiger partial charge in [-0.2, -0.15) is 0 Å². The average Bonchev–Trinajstić information content (AvgIpc) is 2.98. The van der Waals surface area contributed by atoms with Crippen LogP contribution in [0.1, 0.15) is 17.5 Å². The fourth-order valence-corrected chi connectivity index (χ4v) is 3.63. The second-order valence-corrected chi connectivity index (χ2v) is 7.35. The van der Waals surface area contributed by atoms with E-state index in [2.05, 4.69) is 10.2 Å². The number of rotatable bonds is 5. The van der Waals surface area contributed by atoms with Gasteiger partial charge in [-0.3, -0.25) is 14.5 Å². The number of hydrogen-bond acceptors (Lipinski definition) is 5. The van der Waals surface area contributed by atoms with Crippen LogP contribution in [0.3, 0.4) is 0 Å². The van der Waals surface area contributed by atoms with Gasteiger partial charge in [0.25, 0.3) is 5.91 Å². The van der Waals surface area contributed by atoms with Gasteiger partial charge in [0.2, 0.25) is 5.91 Å². The first kappa shape index (κ1) is 18.5. The monoisotopic (exact) mass is 379 g/mol. The molecule has 1 N–H and O–H groups in total. The largest absolute Gasteiger partial charge is 0.378 e. The number of benzene rings is 2. The summed E-state index contributed by atoms with van der Waals surface area (Å²) in [5.41, 5.74) is 4.11. The van der Waals surface area contributed by atoms with E-state index in [9.17, 15) is 9.59 Å². The molecule has 2 amide bonds. The Labute approximate surface area is 165 Å². The van der Waals surface area contributed by atoms with Gasteiger partial charge >= 0.3 is 0 Å². The lowest BCUT2D eigenvalue weighted by molar-refractivity contribution is -0.139. The molecule has 28 heavy (non-hydrogen) atoms. The van der Waals surface area contributed by atoms with Crippen LogP contribution >= 0.6 is 0 Å². The highest BCUT2D eigenvalue weighted by atomic mass is 16.5. The smallest absolute Gasteiger partial charge is 0.252 e. The summed E-state index contributed by atoms with van der Waals surface area (Å²) >= 11 is 0. The Morgan fingerprint density at radius 3 is 2.36 bits per heavy atom. The summed E-state index contributed by atoms with van der Waals surface area (Å²) in [6.45, 7) is 5.60. The number of hydrogen-bond donors (Lipinski definition) is 1. The van der Waals surface area contributed by atoms with E-state index in [-0.39, 0.29) is 18.2 Å². The highest BCUT2D eigenvalue weighted by Gasteiger charge is 2.38. The first-order valence-electron chi connectivity index (χ1n) is 9.69. The van der Waals surface area contributed by atoms with E-state index in [4.69, 9.17) is 4.74 Å². The van der Waals surface area contributed by atoms with E-state index >= 15 is 0 Å². The highest BCUT2D eigenvalue weighted by molar-refractivity contribution is 6.06. The van der Waals surface area contributed by atoms with Crippen LogP contribution in [0.5, 0.6) is 0 Å². The Kier molecular flexibility index (Phi) is 5.30. The summed E-state index contributed by atoms with van der Waals surface area (Å²) in [7, 11) is 0. The summed E-state index contributed by atoms with van der Waals surface area (Å²) in [4.78, 5) is 28.7. The third-order valence-electron chi connectivity index (χ3n) is 5.29. The van der Waals surface area contributed by atoms with E-state index in [0.29, 0.717) is 6.54 Å². The third kappa shape index (κ3) is 4.02. The molecule has 1 atom stereocenters. The van der Waals surface area contributed by atoms with Gasteiger partial charge in [0, 0.05) is 24.5 Å². The third-order valence-corrected chi connectivity index (χ3v) is 5.29. The van der Waals surface area contributed by atoms with E-state index in [0.717, 1.165) is 48.8 Å². The molecule has 146 valence electrons. The predicted molar refractivity (Wildman–Crippen MR) is 108 cm³/mol. The number of ether oxygens (including phenoxy) is 1. The molecule has 0 unspecified atom stereocenters. The van der Waals surface area contributed by atoms with Gasteiger partial charge in [0.15, 0.2) is 0 Å². The van der Waals surface area contributed by atoms with E-state index in [1.165, 1.54) is 4.90 Å². The van der Waals surface area contributed by atoms with Crippen LogP contribution in [-0.4, -0.2) is 49.1 Å². The van der Waals surface area contributed by atoms with Crippen LogP contribution in [0.15, 0.2) is 48.5 Å². The predicted octanol–water partition coefficient (Wildman–Crippen LogP) is 2.57. The second kappa shape index (κ2) is 8.02. The van der Waals surface area contributed by atoms with Crippen molar-refractivity contribution >= 4 is 23.2 Å². The molecule has 0 aliphatic carbocycles. The number of morpholine rings is 1. The van der Waals surface area contributed by atoms with Crippen LogP contribution < -0.4 is 10.2 Å². The first-order chi connectivity index (χ1) is 13.6. The maximum absolute atomic E-state index is 12.7. The van der Waals surface area contributed by atoms with Crippen molar-refractivity contribution in [3.05, 3.63) is 59.7 Å². The van der Waals surface area contributed by atoms with Crippen molar-refractivity contribution in [1.29, 1.82) is 0 Å². The number of imide groups is 1. The fraction of sp³-hybridized carbons (Fsp3) is 0.364. The Balaban J connectivity index is 1.39. The Bertz CT molecular complexity index is 842. The lowest BCUT2D eigenvalue weighted by atomic mass is 10.1. The molecule has 0 bridgehead atoms. The number of amides is 2. The van der Waals surface area contributed by atoms with Gasteiger partial charge in [0.1, 0.15) is 6.04 Å². The van der Waals surface area contributed by atoms with Crippen LogP contribution in [0.2, 0.25) is 0 Å². The number of nitrogens with zero attached hydrogens (tertiary/aromatic N) is 2. The molecule has 2 saturated heterocycles. The van der Waals surface area contributed by atoms with Gasteiger partial charge in [-0.25, -0.2) is 0 Å². The molecule has 2 aromatic rings. The molecule has 2 aliphatic rings. The van der Waals surface area contributed by atoms with Crippen molar-refractivity contribution in [1.82, 2.24) is 4.90 Å². The molecule has 2 aliphatic heterocycles. The number of aryl methyl sites for hydroxylation is 1. The van der Waals surface area contributed by atoms with Gasteiger partial charge in [-0.05, 0) is 36.8 Å². The zero-order chi connectivity index (χ0) is 19.5. The minimum atomic E-state index is -0.507. The van der Waals surface area contributed by atoms with Crippen LogP contribution in [0, 0.1) is 6.92 Å². The van der Waals surface area contributed by atoms with Crippen molar-refractivity contribution in [2.75, 3.05) is 36.5 Å². The van der Waals surface area contributed by atoms with E-state index in [1.54, 1.807) is 0 Å². The van der Waals surface area contributed by atoms with Gasteiger partial charge < -0.3 is 15.0 Å². The number of nitrogens with one attached hydrogen (secondary N) is 1. The van der Waals surface area contributed by atoms with Crippen LogP contribution in [0.25, 0.3) is 0 Å². The average molecular weight is 379 g/mol. The number of carbonyl (C=O) groups excluding carboxylic acids is 2. The minimum absolute atomic E-state index is 0.131. The van der Waals surface area contributed by atoms with Crippen molar-refractivity contribution in [2.45, 2.75) is 25.9 Å². The molecule has 0 aromatic heterocycles. The number of likely N-dealkylation sites (tertiary alicyclic amines) is 1. The van der Waals surface area contributed by atoms with Crippen LogP contribution in [0.4, 0.5) is 11.4 Å². The van der Waals surface area contributed by atoms with Crippen molar-refractivity contribution in [3.8, 4) is 0 Å². The Hall–Kier alpha value is -2.86. The number of anilines is 2. The zero-order valence-corrected chi connectivity index (χ0v) is 16.1. The van der Waals surface area contributed by atoms with Crippen molar-refractivity contribution in [3.63, 3.8) is 0 Å². The van der Waals surface area contributed by atoms with Gasteiger partial charge in [-0.15, -0.1) is 0 Å². The summed E-state index contributed by atoms with van der Waals surface area (Å²) < 4.78 is 5.39. The lowest BCUT2D eigenvalue weighted by Gasteiger charge is -2.29. The topological polar surface area (TPSA) is 61.9 Å². The highest BCUT2D eigenvalue weighted by Crippen LogP contribution is 2.23. The summed E-state index contributed by atoms with van der Waals surface area (Å²) in [6.07, 6.45) is 0.190. The minimum Gasteiger partial charge on any atom is -0.378 e. The molecule has 0 radical (unpaired) electrons. The second-order valence-electron chi connectivity index (χ2n) is 7.35. The molecular weight excluding hydrogens is 354 g/mol. The zero-order valence-electron chi connectivity index (χ0n) is 16.1. The van der Waals surface area contributed by atoms with Gasteiger partial charge in [0.05, 0.1) is 26.2 Å². The normalized spacial score (nSPS) is 20.0. The molecule has 0 saturated carbocycles. The summed E-state index contributed by atoms with van der Waals surface area (Å²) in [5, 5.41) is 3.22. The van der Waals surface area contributed by atoms with E-state index in [1.807, 2.05) is 55.5 Å². The summed E-state index contributed by atoms with van der Waals surface area (Å²) in [5.74, 6) is -0.296.